The average molecular weight is 217 g/mol. The SMILES string of the molecule is O=C(CCCO[N+](=O)[O-])N1CCNCC1. The minimum Gasteiger partial charge on any atom is -0.340 e. The molecule has 86 valence electrons. The van der Waals surface area contributed by atoms with Gasteiger partial charge >= 0.3 is 0 Å². The van der Waals surface area contributed by atoms with Crippen LogP contribution in [0.1, 0.15) is 12.8 Å². The standard InChI is InChI=1S/C8H15N3O4/c12-8(2-1-7-15-11(13)14)10-5-3-9-4-6-10/h9H,1-7H2. The van der Waals surface area contributed by atoms with Crippen molar-refractivity contribution >= 4 is 5.91 Å². The molecule has 1 amide bonds. The van der Waals surface area contributed by atoms with E-state index in [2.05, 4.69) is 10.2 Å². The molecule has 1 N–H and O–H groups in total. The zero-order chi connectivity index (χ0) is 11.1. The van der Waals surface area contributed by atoms with E-state index in [0.29, 0.717) is 12.8 Å². The maximum absolute atomic E-state index is 11.5. The Morgan fingerprint density at radius 3 is 2.73 bits per heavy atom. The summed E-state index contributed by atoms with van der Waals surface area (Å²) < 4.78 is 0. The van der Waals surface area contributed by atoms with Gasteiger partial charge in [0.05, 0.1) is 6.61 Å². The fourth-order valence-corrected chi connectivity index (χ4v) is 1.43. The summed E-state index contributed by atoms with van der Waals surface area (Å²) >= 11 is 0. The van der Waals surface area contributed by atoms with Crippen LogP contribution in [0.5, 0.6) is 0 Å². The summed E-state index contributed by atoms with van der Waals surface area (Å²) in [4.78, 5) is 27.2. The van der Waals surface area contributed by atoms with Crippen molar-refractivity contribution in [3.05, 3.63) is 10.1 Å². The molecule has 0 aromatic heterocycles. The molecule has 1 fully saturated rings. The van der Waals surface area contributed by atoms with Crippen LogP contribution in [0, 0.1) is 10.1 Å². The summed E-state index contributed by atoms with van der Waals surface area (Å²) in [6.07, 6.45) is 0.706. The molecule has 0 aliphatic carbocycles. The molecule has 0 saturated carbocycles. The Morgan fingerprint density at radius 2 is 2.13 bits per heavy atom. The van der Waals surface area contributed by atoms with Gasteiger partial charge in [0.1, 0.15) is 0 Å². The second kappa shape index (κ2) is 6.18. The van der Waals surface area contributed by atoms with Crippen molar-refractivity contribution in [3.8, 4) is 0 Å². The normalized spacial score (nSPS) is 16.1. The van der Waals surface area contributed by atoms with Crippen molar-refractivity contribution in [3.63, 3.8) is 0 Å². The van der Waals surface area contributed by atoms with Gasteiger partial charge in [-0.15, -0.1) is 10.1 Å². The minimum absolute atomic E-state index is 0.00910. The van der Waals surface area contributed by atoms with E-state index in [9.17, 15) is 14.9 Å². The molecule has 15 heavy (non-hydrogen) atoms. The second-order valence-electron chi connectivity index (χ2n) is 3.29. The zero-order valence-electron chi connectivity index (χ0n) is 8.48. The molecule has 0 unspecified atom stereocenters. The highest BCUT2D eigenvalue weighted by Gasteiger charge is 2.15. The van der Waals surface area contributed by atoms with Crippen LogP contribution in [0.25, 0.3) is 0 Å². The maximum atomic E-state index is 11.5. The van der Waals surface area contributed by atoms with Crippen LogP contribution in [0.3, 0.4) is 0 Å². The number of hydrogen-bond donors (Lipinski definition) is 1. The summed E-state index contributed by atoms with van der Waals surface area (Å²) in [5, 5.41) is 12.1. The Morgan fingerprint density at radius 1 is 1.47 bits per heavy atom. The van der Waals surface area contributed by atoms with E-state index >= 15 is 0 Å². The molecular formula is C8H15N3O4. The average Bonchev–Trinajstić information content (AvgIpc) is 2.25. The van der Waals surface area contributed by atoms with Crippen molar-refractivity contribution in [1.29, 1.82) is 0 Å². The largest absolute Gasteiger partial charge is 0.340 e. The number of piperazine rings is 1. The van der Waals surface area contributed by atoms with E-state index in [1.807, 2.05) is 0 Å². The summed E-state index contributed by atoms with van der Waals surface area (Å²) in [6.45, 7) is 3.06. The van der Waals surface area contributed by atoms with E-state index in [0.717, 1.165) is 26.2 Å². The van der Waals surface area contributed by atoms with E-state index in [4.69, 9.17) is 0 Å². The van der Waals surface area contributed by atoms with Gasteiger partial charge in [-0.25, -0.2) is 0 Å². The first-order valence-electron chi connectivity index (χ1n) is 4.96. The van der Waals surface area contributed by atoms with Crippen molar-refractivity contribution < 1.29 is 14.7 Å². The van der Waals surface area contributed by atoms with Crippen molar-refractivity contribution in [2.75, 3.05) is 32.8 Å². The van der Waals surface area contributed by atoms with Gasteiger partial charge in [-0.1, -0.05) is 0 Å². The van der Waals surface area contributed by atoms with Crippen molar-refractivity contribution in [2.45, 2.75) is 12.8 Å². The Bertz CT molecular complexity index is 228. The van der Waals surface area contributed by atoms with Gasteiger partial charge in [-0.3, -0.25) is 4.79 Å². The highest BCUT2D eigenvalue weighted by atomic mass is 16.9. The summed E-state index contributed by atoms with van der Waals surface area (Å²) in [5.41, 5.74) is 0. The molecule has 1 heterocycles. The molecule has 1 saturated heterocycles. The minimum atomic E-state index is -0.838. The molecule has 0 spiro atoms. The van der Waals surface area contributed by atoms with Crippen LogP contribution >= 0.6 is 0 Å². The van der Waals surface area contributed by atoms with Crippen LogP contribution < -0.4 is 5.32 Å². The zero-order valence-corrected chi connectivity index (χ0v) is 8.48. The van der Waals surface area contributed by atoms with E-state index in [-0.39, 0.29) is 12.5 Å². The monoisotopic (exact) mass is 217 g/mol. The summed E-state index contributed by atoms with van der Waals surface area (Å²) in [6, 6.07) is 0. The van der Waals surface area contributed by atoms with Gasteiger partial charge < -0.3 is 15.1 Å². The molecule has 7 nitrogen and oxygen atoms in total. The van der Waals surface area contributed by atoms with Crippen LogP contribution in [-0.2, 0) is 9.63 Å². The number of nitrogens with zero attached hydrogens (tertiary/aromatic N) is 2. The Balaban J connectivity index is 2.09. The first kappa shape index (κ1) is 11.7. The van der Waals surface area contributed by atoms with Gasteiger partial charge in [0.2, 0.25) is 5.91 Å². The van der Waals surface area contributed by atoms with Crippen molar-refractivity contribution in [2.24, 2.45) is 0 Å². The Hall–Kier alpha value is -1.37. The van der Waals surface area contributed by atoms with Crippen LogP contribution in [0.4, 0.5) is 0 Å². The molecule has 0 aromatic carbocycles. The van der Waals surface area contributed by atoms with Gasteiger partial charge in [-0.2, -0.15) is 0 Å². The number of amides is 1. The topological polar surface area (TPSA) is 84.7 Å². The van der Waals surface area contributed by atoms with Crippen molar-refractivity contribution in [1.82, 2.24) is 10.2 Å². The Kier molecular flexibility index (Phi) is 4.82. The first-order valence-corrected chi connectivity index (χ1v) is 4.96. The lowest BCUT2D eigenvalue weighted by molar-refractivity contribution is -0.757. The number of hydrogen-bond acceptors (Lipinski definition) is 5. The molecular weight excluding hydrogens is 202 g/mol. The number of carbonyl (C=O) groups excluding carboxylic acids is 1. The number of rotatable bonds is 5. The summed E-state index contributed by atoms with van der Waals surface area (Å²) in [7, 11) is 0. The molecule has 0 bridgehead atoms. The Labute approximate surface area is 87.5 Å². The predicted octanol–water partition coefficient (Wildman–Crippen LogP) is -0.593. The molecule has 0 radical (unpaired) electrons. The third-order valence-corrected chi connectivity index (χ3v) is 2.20. The smallest absolute Gasteiger partial charge is 0.294 e. The van der Waals surface area contributed by atoms with Crippen LogP contribution in [0.2, 0.25) is 0 Å². The molecule has 1 aliphatic rings. The first-order chi connectivity index (χ1) is 7.20. The van der Waals surface area contributed by atoms with Gasteiger partial charge in [0.25, 0.3) is 5.09 Å². The van der Waals surface area contributed by atoms with Crippen LogP contribution in [-0.4, -0.2) is 48.7 Å². The van der Waals surface area contributed by atoms with Gasteiger partial charge in [0.15, 0.2) is 0 Å². The molecule has 0 aromatic rings. The molecule has 1 aliphatic heterocycles. The van der Waals surface area contributed by atoms with E-state index in [1.165, 1.54) is 0 Å². The summed E-state index contributed by atoms with van der Waals surface area (Å²) in [5.74, 6) is 0.0449. The predicted molar refractivity (Wildman–Crippen MR) is 51.6 cm³/mol. The fourth-order valence-electron chi connectivity index (χ4n) is 1.43. The fraction of sp³-hybridized carbons (Fsp3) is 0.875. The lowest BCUT2D eigenvalue weighted by Crippen LogP contribution is -2.46. The number of carbonyl (C=O) groups is 1. The lowest BCUT2D eigenvalue weighted by atomic mass is 10.2. The lowest BCUT2D eigenvalue weighted by Gasteiger charge is -2.27. The number of nitrogens with one attached hydrogen (secondary N) is 1. The molecule has 0 atom stereocenters. The third kappa shape index (κ3) is 4.59. The maximum Gasteiger partial charge on any atom is 0.294 e. The second-order valence-corrected chi connectivity index (χ2v) is 3.29. The quantitative estimate of drug-likeness (QED) is 0.378. The van der Waals surface area contributed by atoms with E-state index in [1.54, 1.807) is 4.90 Å². The van der Waals surface area contributed by atoms with Gasteiger partial charge in [0, 0.05) is 32.6 Å². The van der Waals surface area contributed by atoms with Crippen LogP contribution in [0.15, 0.2) is 0 Å². The van der Waals surface area contributed by atoms with E-state index < -0.39 is 5.09 Å². The highest BCUT2D eigenvalue weighted by molar-refractivity contribution is 5.76. The van der Waals surface area contributed by atoms with Gasteiger partial charge in [-0.05, 0) is 6.42 Å². The highest BCUT2D eigenvalue weighted by Crippen LogP contribution is 2.00. The molecule has 1 rings (SSSR count). The third-order valence-electron chi connectivity index (χ3n) is 2.20. The molecule has 7 heteroatoms.